The molecule has 0 saturated heterocycles. The van der Waals surface area contributed by atoms with E-state index in [9.17, 15) is 13.2 Å². The van der Waals surface area contributed by atoms with E-state index >= 15 is 0 Å². The Labute approximate surface area is 168 Å². The number of carbonyl (C=O) groups is 1. The van der Waals surface area contributed by atoms with E-state index < -0.39 is 10.0 Å². The molecule has 1 aliphatic rings. The lowest BCUT2D eigenvalue weighted by Crippen LogP contribution is -2.29. The van der Waals surface area contributed by atoms with Crippen LogP contribution < -0.4 is 14.4 Å². The van der Waals surface area contributed by atoms with Gasteiger partial charge >= 0.3 is 0 Å². The summed E-state index contributed by atoms with van der Waals surface area (Å²) < 4.78 is 33.9. The van der Waals surface area contributed by atoms with Crippen molar-refractivity contribution in [3.63, 3.8) is 0 Å². The first kappa shape index (κ1) is 19.0. The number of nitrogens with one attached hydrogen (secondary N) is 1. The van der Waals surface area contributed by atoms with Gasteiger partial charge in [0, 0.05) is 18.4 Å². The van der Waals surface area contributed by atoms with Crippen molar-refractivity contribution in [3.8, 4) is 5.75 Å². The first-order chi connectivity index (χ1) is 14.0. The second kappa shape index (κ2) is 7.59. The van der Waals surface area contributed by atoms with Crippen LogP contribution in [0.25, 0.3) is 0 Å². The second-order valence-electron chi connectivity index (χ2n) is 6.62. The standard InChI is InChI=1S/C20H20N4O4S/c1-28-17-8-6-16(7-9-17)22-19(25)12-23-13-20(21-14-23)29(26,27)24-11-10-15-4-2-3-5-18(15)24/h2-9,13-14H,10-12H2,1H3,(H,22,25). The van der Waals surface area contributed by atoms with E-state index in [2.05, 4.69) is 10.3 Å². The number of para-hydroxylation sites is 1. The zero-order chi connectivity index (χ0) is 20.4. The average molecular weight is 412 g/mol. The van der Waals surface area contributed by atoms with Gasteiger partial charge in [-0.1, -0.05) is 18.2 Å². The number of rotatable bonds is 6. The molecule has 0 atom stereocenters. The minimum atomic E-state index is -3.78. The smallest absolute Gasteiger partial charge is 0.283 e. The highest BCUT2D eigenvalue weighted by molar-refractivity contribution is 7.92. The number of sulfonamides is 1. The summed E-state index contributed by atoms with van der Waals surface area (Å²) in [5.74, 6) is 0.402. The Hall–Kier alpha value is -3.33. The molecule has 0 unspecified atom stereocenters. The number of nitrogens with zero attached hydrogens (tertiary/aromatic N) is 3. The number of hydrogen-bond acceptors (Lipinski definition) is 5. The van der Waals surface area contributed by atoms with Crippen molar-refractivity contribution in [3.05, 3.63) is 66.6 Å². The van der Waals surface area contributed by atoms with Crippen LogP contribution >= 0.6 is 0 Å². The van der Waals surface area contributed by atoms with Gasteiger partial charge in [0.1, 0.15) is 12.3 Å². The van der Waals surface area contributed by atoms with E-state index in [1.807, 2.05) is 18.2 Å². The molecule has 0 aliphatic carbocycles. The summed E-state index contributed by atoms with van der Waals surface area (Å²) in [4.78, 5) is 16.3. The largest absolute Gasteiger partial charge is 0.497 e. The number of benzene rings is 2. The Kier molecular flexibility index (Phi) is 4.98. The van der Waals surface area contributed by atoms with Crippen LogP contribution in [0.5, 0.6) is 5.75 Å². The average Bonchev–Trinajstić information content (AvgIpc) is 3.36. The van der Waals surface area contributed by atoms with Gasteiger partial charge in [-0.2, -0.15) is 8.42 Å². The van der Waals surface area contributed by atoms with Crippen molar-refractivity contribution >= 4 is 27.3 Å². The summed E-state index contributed by atoms with van der Waals surface area (Å²) in [6, 6.07) is 14.4. The van der Waals surface area contributed by atoms with Crippen LogP contribution in [0.1, 0.15) is 5.56 Å². The minimum Gasteiger partial charge on any atom is -0.497 e. The van der Waals surface area contributed by atoms with Crippen LogP contribution in [0.2, 0.25) is 0 Å². The zero-order valence-corrected chi connectivity index (χ0v) is 16.6. The van der Waals surface area contributed by atoms with Crippen LogP contribution in [0.3, 0.4) is 0 Å². The molecule has 0 spiro atoms. The fourth-order valence-electron chi connectivity index (χ4n) is 3.27. The molecular weight excluding hydrogens is 392 g/mol. The van der Waals surface area contributed by atoms with Crippen LogP contribution in [0, 0.1) is 0 Å². The van der Waals surface area contributed by atoms with Gasteiger partial charge in [0.05, 0.1) is 19.1 Å². The maximum Gasteiger partial charge on any atom is 0.283 e. The highest BCUT2D eigenvalue weighted by Crippen LogP contribution is 2.32. The van der Waals surface area contributed by atoms with Gasteiger partial charge in [-0.15, -0.1) is 0 Å². The van der Waals surface area contributed by atoms with E-state index in [1.165, 1.54) is 21.4 Å². The van der Waals surface area contributed by atoms with Gasteiger partial charge in [0.15, 0.2) is 5.03 Å². The molecule has 29 heavy (non-hydrogen) atoms. The summed E-state index contributed by atoms with van der Waals surface area (Å²) >= 11 is 0. The Bertz CT molecular complexity index is 1140. The minimum absolute atomic E-state index is 0.0505. The molecule has 1 aliphatic heterocycles. The molecule has 1 N–H and O–H groups in total. The van der Waals surface area contributed by atoms with E-state index in [1.54, 1.807) is 37.4 Å². The van der Waals surface area contributed by atoms with Crippen molar-refractivity contribution in [2.45, 2.75) is 18.0 Å². The van der Waals surface area contributed by atoms with E-state index in [-0.39, 0.29) is 17.5 Å². The van der Waals surface area contributed by atoms with Crippen molar-refractivity contribution in [2.75, 3.05) is 23.3 Å². The fraction of sp³-hybridized carbons (Fsp3) is 0.200. The van der Waals surface area contributed by atoms with Crippen LogP contribution in [-0.2, 0) is 27.8 Å². The van der Waals surface area contributed by atoms with Crippen LogP contribution in [0.4, 0.5) is 11.4 Å². The molecule has 4 rings (SSSR count). The summed E-state index contributed by atoms with van der Waals surface area (Å²) in [5, 5.41) is 2.68. The Balaban J connectivity index is 1.46. The molecule has 2 aromatic carbocycles. The van der Waals surface area contributed by atoms with Gasteiger partial charge in [-0.25, -0.2) is 4.98 Å². The summed E-state index contributed by atoms with van der Waals surface area (Å²) in [6.07, 6.45) is 3.40. The molecule has 1 aromatic heterocycles. The number of imidazole rings is 1. The van der Waals surface area contributed by atoms with Gasteiger partial charge < -0.3 is 14.6 Å². The third kappa shape index (κ3) is 3.81. The molecule has 1 amide bonds. The number of carbonyl (C=O) groups excluding carboxylic acids is 1. The second-order valence-corrected chi connectivity index (χ2v) is 8.43. The quantitative estimate of drug-likeness (QED) is 0.670. The predicted molar refractivity (Wildman–Crippen MR) is 109 cm³/mol. The molecule has 0 saturated carbocycles. The zero-order valence-electron chi connectivity index (χ0n) is 15.8. The normalized spacial score (nSPS) is 13.2. The molecule has 3 aromatic rings. The number of aromatic nitrogens is 2. The monoisotopic (exact) mass is 412 g/mol. The first-order valence-electron chi connectivity index (χ1n) is 9.04. The van der Waals surface area contributed by atoms with Gasteiger partial charge in [0.25, 0.3) is 10.0 Å². The van der Waals surface area contributed by atoms with Crippen molar-refractivity contribution in [2.24, 2.45) is 0 Å². The maximum atomic E-state index is 13.0. The lowest BCUT2D eigenvalue weighted by molar-refractivity contribution is -0.116. The lowest BCUT2D eigenvalue weighted by Gasteiger charge is -2.17. The highest BCUT2D eigenvalue weighted by atomic mass is 32.2. The lowest BCUT2D eigenvalue weighted by atomic mass is 10.2. The van der Waals surface area contributed by atoms with Crippen LogP contribution in [-0.4, -0.2) is 37.5 Å². The third-order valence-electron chi connectivity index (χ3n) is 4.71. The highest BCUT2D eigenvalue weighted by Gasteiger charge is 2.32. The number of ether oxygens (including phenoxy) is 1. The Morgan fingerprint density at radius 3 is 2.69 bits per heavy atom. The number of amides is 1. The van der Waals surface area contributed by atoms with Crippen LogP contribution in [0.15, 0.2) is 66.1 Å². The Morgan fingerprint density at radius 2 is 1.93 bits per heavy atom. The van der Waals surface area contributed by atoms with Gasteiger partial charge in [-0.05, 0) is 42.3 Å². The first-order valence-corrected chi connectivity index (χ1v) is 10.5. The molecule has 0 fully saturated rings. The molecule has 0 radical (unpaired) electrons. The molecule has 2 heterocycles. The molecule has 9 heteroatoms. The Morgan fingerprint density at radius 1 is 1.17 bits per heavy atom. The fourth-order valence-corrected chi connectivity index (χ4v) is 4.71. The third-order valence-corrected chi connectivity index (χ3v) is 6.41. The van der Waals surface area contributed by atoms with Gasteiger partial charge in [-0.3, -0.25) is 9.10 Å². The molecular formula is C20H20N4O4S. The van der Waals surface area contributed by atoms with E-state index in [0.717, 1.165) is 5.56 Å². The molecule has 0 bridgehead atoms. The van der Waals surface area contributed by atoms with Crippen molar-refractivity contribution in [1.82, 2.24) is 9.55 Å². The number of anilines is 2. The summed E-state index contributed by atoms with van der Waals surface area (Å²) in [5.41, 5.74) is 2.30. The van der Waals surface area contributed by atoms with E-state index in [0.29, 0.717) is 30.1 Å². The van der Waals surface area contributed by atoms with Gasteiger partial charge in [0.2, 0.25) is 5.91 Å². The topological polar surface area (TPSA) is 93.5 Å². The molecule has 150 valence electrons. The number of fused-ring (bicyclic) bond motifs is 1. The predicted octanol–water partition coefficient (Wildman–Crippen LogP) is 2.28. The molecule has 8 nitrogen and oxygen atoms in total. The SMILES string of the molecule is COc1ccc(NC(=O)Cn2cnc(S(=O)(=O)N3CCc4ccccc43)c2)cc1. The van der Waals surface area contributed by atoms with Crippen molar-refractivity contribution < 1.29 is 17.9 Å². The van der Waals surface area contributed by atoms with Crippen molar-refractivity contribution in [1.29, 1.82) is 0 Å². The number of hydrogen-bond donors (Lipinski definition) is 1. The number of methoxy groups -OCH3 is 1. The summed E-state index contributed by atoms with van der Waals surface area (Å²) in [7, 11) is -2.21. The summed E-state index contributed by atoms with van der Waals surface area (Å²) in [6.45, 7) is 0.331. The maximum absolute atomic E-state index is 13.0. The van der Waals surface area contributed by atoms with E-state index in [4.69, 9.17) is 4.74 Å².